The van der Waals surface area contributed by atoms with Crippen LogP contribution in [0.15, 0.2) is 35.3 Å². The van der Waals surface area contributed by atoms with Crippen molar-refractivity contribution in [3.8, 4) is 0 Å². The average Bonchev–Trinajstić information content (AvgIpc) is 3.26. The number of rotatable bonds is 10. The summed E-state index contributed by atoms with van der Waals surface area (Å²) in [4.78, 5) is 7.28. The summed E-state index contributed by atoms with van der Waals surface area (Å²) in [6.45, 7) is 9.46. The lowest BCUT2D eigenvalue weighted by molar-refractivity contribution is 0.0171. The van der Waals surface area contributed by atoms with Gasteiger partial charge in [0.1, 0.15) is 0 Å². The van der Waals surface area contributed by atoms with E-state index >= 15 is 0 Å². The van der Waals surface area contributed by atoms with Gasteiger partial charge in [-0.2, -0.15) is 0 Å². The summed E-state index contributed by atoms with van der Waals surface area (Å²) in [5.74, 6) is 0.938. The van der Waals surface area contributed by atoms with Gasteiger partial charge in [-0.15, -0.1) is 0 Å². The van der Waals surface area contributed by atoms with Crippen LogP contribution in [0.3, 0.4) is 0 Å². The van der Waals surface area contributed by atoms with Crippen LogP contribution in [0.5, 0.6) is 0 Å². The molecule has 0 aliphatic carbocycles. The minimum atomic E-state index is 0.310. The summed E-state index contributed by atoms with van der Waals surface area (Å²) in [7, 11) is 0. The Kier molecular flexibility index (Phi) is 9.76. The molecular weight excluding hydrogens is 364 g/mol. The third-order valence-electron chi connectivity index (χ3n) is 5.57. The Morgan fingerprint density at radius 1 is 1.21 bits per heavy atom. The number of nitrogens with one attached hydrogen (secondary N) is 2. The first-order valence-corrected chi connectivity index (χ1v) is 11.3. The largest absolute Gasteiger partial charge is 0.379 e. The second kappa shape index (κ2) is 12.8. The van der Waals surface area contributed by atoms with E-state index in [0.29, 0.717) is 12.1 Å². The van der Waals surface area contributed by atoms with Crippen LogP contribution in [-0.4, -0.2) is 69.0 Å². The highest BCUT2D eigenvalue weighted by atomic mass is 16.5. The molecule has 1 unspecified atom stereocenters. The quantitative estimate of drug-likeness (QED) is 0.358. The van der Waals surface area contributed by atoms with E-state index in [1.165, 1.54) is 12.0 Å². The van der Waals surface area contributed by atoms with Gasteiger partial charge in [-0.3, -0.25) is 9.89 Å². The topological polar surface area (TPSA) is 58.1 Å². The highest BCUT2D eigenvalue weighted by Gasteiger charge is 2.20. The van der Waals surface area contributed by atoms with Crippen LogP contribution in [0.25, 0.3) is 0 Å². The number of aliphatic imine (C=N–C) groups is 1. The van der Waals surface area contributed by atoms with Crippen LogP contribution in [0, 0.1) is 0 Å². The minimum Gasteiger partial charge on any atom is -0.379 e. The van der Waals surface area contributed by atoms with Crippen molar-refractivity contribution in [2.75, 3.05) is 46.0 Å². The SMILES string of the molecule is CCNC(=NCCCOCC1CCCO1)NC1CCN(Cc2ccccc2)CC1. The fraction of sp³-hybridized carbons (Fsp3) is 0.696. The van der Waals surface area contributed by atoms with Gasteiger partial charge in [0, 0.05) is 52.0 Å². The molecule has 1 aromatic carbocycles. The van der Waals surface area contributed by atoms with Crippen LogP contribution in [0.2, 0.25) is 0 Å². The predicted molar refractivity (Wildman–Crippen MR) is 118 cm³/mol. The monoisotopic (exact) mass is 402 g/mol. The van der Waals surface area contributed by atoms with E-state index in [1.54, 1.807) is 0 Å². The van der Waals surface area contributed by atoms with Gasteiger partial charge in [-0.05, 0) is 44.6 Å². The molecule has 2 N–H and O–H groups in total. The number of ether oxygens (including phenoxy) is 2. The number of guanidine groups is 1. The first kappa shape index (κ1) is 22.1. The van der Waals surface area contributed by atoms with E-state index in [9.17, 15) is 0 Å². The Bertz CT molecular complexity index is 582. The molecule has 162 valence electrons. The van der Waals surface area contributed by atoms with E-state index in [4.69, 9.17) is 14.5 Å². The fourth-order valence-electron chi connectivity index (χ4n) is 3.94. The van der Waals surface area contributed by atoms with Gasteiger partial charge in [0.25, 0.3) is 0 Å². The zero-order valence-electron chi connectivity index (χ0n) is 17.9. The molecule has 0 bridgehead atoms. The Labute approximate surface area is 176 Å². The van der Waals surface area contributed by atoms with Crippen molar-refractivity contribution in [1.82, 2.24) is 15.5 Å². The van der Waals surface area contributed by atoms with Gasteiger partial charge in [-0.25, -0.2) is 0 Å². The molecule has 0 saturated carbocycles. The summed E-state index contributed by atoms with van der Waals surface area (Å²) < 4.78 is 11.3. The van der Waals surface area contributed by atoms with Gasteiger partial charge in [0.15, 0.2) is 5.96 Å². The van der Waals surface area contributed by atoms with Gasteiger partial charge in [0.05, 0.1) is 12.7 Å². The van der Waals surface area contributed by atoms with E-state index < -0.39 is 0 Å². The summed E-state index contributed by atoms with van der Waals surface area (Å²) in [6, 6.07) is 11.2. The van der Waals surface area contributed by atoms with Crippen molar-refractivity contribution >= 4 is 5.96 Å². The summed E-state index contributed by atoms with van der Waals surface area (Å²) in [5, 5.41) is 7.01. The first-order chi connectivity index (χ1) is 14.3. The second-order valence-corrected chi connectivity index (χ2v) is 8.00. The lowest BCUT2D eigenvalue weighted by Crippen LogP contribution is -2.48. The minimum absolute atomic E-state index is 0.310. The number of piperidine rings is 1. The zero-order valence-corrected chi connectivity index (χ0v) is 17.9. The van der Waals surface area contributed by atoms with Crippen molar-refractivity contribution in [2.24, 2.45) is 4.99 Å². The molecule has 0 amide bonds. The van der Waals surface area contributed by atoms with Gasteiger partial charge >= 0.3 is 0 Å². The molecule has 6 nitrogen and oxygen atoms in total. The maximum absolute atomic E-state index is 5.73. The molecule has 0 aromatic heterocycles. The maximum atomic E-state index is 5.73. The molecule has 0 spiro atoms. The van der Waals surface area contributed by atoms with Crippen molar-refractivity contribution in [2.45, 2.75) is 57.7 Å². The zero-order chi connectivity index (χ0) is 20.2. The Morgan fingerprint density at radius 2 is 2.03 bits per heavy atom. The molecule has 2 fully saturated rings. The molecule has 6 heteroatoms. The smallest absolute Gasteiger partial charge is 0.191 e. The molecule has 1 atom stereocenters. The summed E-state index contributed by atoms with van der Waals surface area (Å²) in [5.41, 5.74) is 1.40. The van der Waals surface area contributed by atoms with Crippen molar-refractivity contribution in [1.29, 1.82) is 0 Å². The highest BCUT2D eigenvalue weighted by Crippen LogP contribution is 2.14. The summed E-state index contributed by atoms with van der Waals surface area (Å²) >= 11 is 0. The number of benzene rings is 1. The standard InChI is InChI=1S/C23H38N4O2/c1-2-24-23(25-13-7-16-28-19-22-10-6-17-29-22)26-21-11-14-27(15-12-21)18-20-8-4-3-5-9-20/h3-5,8-9,21-22H,2,6-7,10-19H2,1H3,(H2,24,25,26). The Balaban J connectivity index is 1.31. The predicted octanol–water partition coefficient (Wildman–Crippen LogP) is 2.79. The lowest BCUT2D eigenvalue weighted by Gasteiger charge is -2.33. The third kappa shape index (κ3) is 8.33. The van der Waals surface area contributed by atoms with Gasteiger partial charge in [0.2, 0.25) is 0 Å². The van der Waals surface area contributed by atoms with Crippen molar-refractivity contribution < 1.29 is 9.47 Å². The van der Waals surface area contributed by atoms with Crippen molar-refractivity contribution in [3.05, 3.63) is 35.9 Å². The molecule has 0 radical (unpaired) electrons. The molecular formula is C23H38N4O2. The Morgan fingerprint density at radius 3 is 2.76 bits per heavy atom. The van der Waals surface area contributed by atoms with Crippen LogP contribution >= 0.6 is 0 Å². The summed E-state index contributed by atoms with van der Waals surface area (Å²) in [6.07, 6.45) is 5.87. The average molecular weight is 403 g/mol. The number of nitrogens with zero attached hydrogens (tertiary/aromatic N) is 2. The third-order valence-corrected chi connectivity index (χ3v) is 5.57. The van der Waals surface area contributed by atoms with E-state index in [0.717, 1.165) is 84.2 Å². The Hall–Kier alpha value is -1.63. The highest BCUT2D eigenvalue weighted by molar-refractivity contribution is 5.80. The first-order valence-electron chi connectivity index (χ1n) is 11.3. The molecule has 29 heavy (non-hydrogen) atoms. The van der Waals surface area contributed by atoms with E-state index in [-0.39, 0.29) is 0 Å². The fourth-order valence-corrected chi connectivity index (χ4v) is 3.94. The van der Waals surface area contributed by atoms with Crippen LogP contribution in [-0.2, 0) is 16.0 Å². The van der Waals surface area contributed by atoms with Crippen LogP contribution in [0.4, 0.5) is 0 Å². The molecule has 2 aliphatic rings. The number of hydrogen-bond acceptors (Lipinski definition) is 4. The molecule has 2 saturated heterocycles. The second-order valence-electron chi connectivity index (χ2n) is 8.00. The van der Waals surface area contributed by atoms with E-state index in [2.05, 4.69) is 52.8 Å². The normalized spacial score (nSPS) is 21.4. The van der Waals surface area contributed by atoms with Crippen LogP contribution < -0.4 is 10.6 Å². The van der Waals surface area contributed by atoms with E-state index in [1.807, 2.05) is 0 Å². The number of hydrogen-bond donors (Lipinski definition) is 2. The van der Waals surface area contributed by atoms with Crippen molar-refractivity contribution in [3.63, 3.8) is 0 Å². The van der Waals surface area contributed by atoms with Crippen LogP contribution in [0.1, 0.15) is 44.6 Å². The van der Waals surface area contributed by atoms with Gasteiger partial charge < -0.3 is 20.1 Å². The molecule has 3 rings (SSSR count). The molecule has 2 heterocycles. The molecule has 2 aliphatic heterocycles. The molecule has 1 aromatic rings. The number of likely N-dealkylation sites (tertiary alicyclic amines) is 1. The maximum Gasteiger partial charge on any atom is 0.191 e. The van der Waals surface area contributed by atoms with Gasteiger partial charge in [-0.1, -0.05) is 30.3 Å². The lowest BCUT2D eigenvalue weighted by atomic mass is 10.0.